The van der Waals surface area contributed by atoms with Crippen LogP contribution in [0.15, 0.2) is 0 Å². The van der Waals surface area contributed by atoms with Gasteiger partial charge in [0.15, 0.2) is 0 Å². The number of nitrogens with one attached hydrogen (secondary N) is 2. The number of carbonyl (C=O) groups excluding carboxylic acids is 1. The van der Waals surface area contributed by atoms with Crippen LogP contribution in [-0.2, 0) is 9.53 Å². The maximum Gasteiger partial charge on any atom is 0.329 e. The Labute approximate surface area is 107 Å². The Bertz CT molecular complexity index is 322. The molecule has 0 aromatic heterocycles. The summed E-state index contributed by atoms with van der Waals surface area (Å²) in [6.07, 6.45) is 2.64. The molecule has 1 aliphatic carbocycles. The van der Waals surface area contributed by atoms with Crippen molar-refractivity contribution in [1.82, 2.24) is 10.6 Å². The Balaban J connectivity index is 2.51. The summed E-state index contributed by atoms with van der Waals surface area (Å²) in [4.78, 5) is 23.0. The molecule has 104 valence electrons. The lowest BCUT2D eigenvalue weighted by molar-refractivity contribution is -0.144. The van der Waals surface area contributed by atoms with E-state index in [0.29, 0.717) is 19.4 Å². The van der Waals surface area contributed by atoms with Crippen molar-refractivity contribution in [2.75, 3.05) is 13.7 Å². The third-order valence-corrected chi connectivity index (χ3v) is 3.45. The van der Waals surface area contributed by atoms with Gasteiger partial charge in [-0.2, -0.15) is 0 Å². The molecule has 2 amide bonds. The molecular formula is C12H22N2O4. The van der Waals surface area contributed by atoms with E-state index in [1.165, 1.54) is 0 Å². The second-order valence-corrected chi connectivity index (χ2v) is 5.37. The number of carboxylic acids is 1. The number of carboxylic acid groups (broad SMARTS) is 1. The monoisotopic (exact) mass is 258 g/mol. The highest BCUT2D eigenvalue weighted by Crippen LogP contribution is 2.29. The molecule has 3 N–H and O–H groups in total. The number of hydrogen-bond donors (Lipinski definition) is 3. The number of amides is 2. The Hall–Kier alpha value is -1.30. The van der Waals surface area contributed by atoms with E-state index in [-0.39, 0.29) is 0 Å². The van der Waals surface area contributed by atoms with E-state index in [4.69, 9.17) is 4.74 Å². The molecule has 0 spiro atoms. The fourth-order valence-electron chi connectivity index (χ4n) is 2.00. The zero-order chi connectivity index (χ0) is 13.8. The van der Waals surface area contributed by atoms with Crippen molar-refractivity contribution in [3.05, 3.63) is 0 Å². The molecule has 6 nitrogen and oxygen atoms in total. The first-order chi connectivity index (χ1) is 8.31. The van der Waals surface area contributed by atoms with E-state index < -0.39 is 23.1 Å². The molecule has 0 radical (unpaired) electrons. The molecular weight excluding hydrogens is 236 g/mol. The minimum atomic E-state index is -1.10. The first kappa shape index (κ1) is 14.8. The highest BCUT2D eigenvalue weighted by Gasteiger charge is 2.42. The predicted molar refractivity (Wildman–Crippen MR) is 66.5 cm³/mol. The van der Waals surface area contributed by atoms with Crippen molar-refractivity contribution < 1.29 is 19.4 Å². The van der Waals surface area contributed by atoms with Crippen molar-refractivity contribution in [3.8, 4) is 0 Å². The van der Waals surface area contributed by atoms with Crippen LogP contribution in [0.3, 0.4) is 0 Å². The van der Waals surface area contributed by atoms with Gasteiger partial charge >= 0.3 is 12.0 Å². The molecule has 0 aliphatic heterocycles. The first-order valence-electron chi connectivity index (χ1n) is 6.16. The Morgan fingerprint density at radius 3 is 2.33 bits per heavy atom. The lowest BCUT2D eigenvalue weighted by Gasteiger charge is -2.27. The van der Waals surface area contributed by atoms with Gasteiger partial charge in [0.05, 0.1) is 5.60 Å². The molecule has 6 heteroatoms. The molecule has 0 aromatic rings. The van der Waals surface area contributed by atoms with E-state index in [9.17, 15) is 14.7 Å². The van der Waals surface area contributed by atoms with Gasteiger partial charge < -0.3 is 20.5 Å². The zero-order valence-corrected chi connectivity index (χ0v) is 11.2. The fraction of sp³-hybridized carbons (Fsp3) is 0.833. The predicted octanol–water partition coefficient (Wildman–Crippen LogP) is 1.11. The van der Waals surface area contributed by atoms with E-state index >= 15 is 0 Å². The molecule has 1 saturated carbocycles. The number of hydrogen-bond acceptors (Lipinski definition) is 3. The largest absolute Gasteiger partial charge is 0.480 e. The van der Waals surface area contributed by atoms with Crippen LogP contribution in [0, 0.1) is 0 Å². The van der Waals surface area contributed by atoms with Crippen LogP contribution in [0.5, 0.6) is 0 Å². The highest BCUT2D eigenvalue weighted by molar-refractivity contribution is 5.86. The van der Waals surface area contributed by atoms with Crippen LogP contribution < -0.4 is 10.6 Å². The van der Waals surface area contributed by atoms with Crippen molar-refractivity contribution in [2.45, 2.75) is 50.7 Å². The van der Waals surface area contributed by atoms with E-state index in [1.807, 2.05) is 13.8 Å². The van der Waals surface area contributed by atoms with Crippen molar-refractivity contribution in [3.63, 3.8) is 0 Å². The molecule has 1 rings (SSSR count). The summed E-state index contributed by atoms with van der Waals surface area (Å²) >= 11 is 0. The molecule has 0 heterocycles. The van der Waals surface area contributed by atoms with Crippen LogP contribution in [0.2, 0.25) is 0 Å². The minimum Gasteiger partial charge on any atom is -0.480 e. The average molecular weight is 258 g/mol. The van der Waals surface area contributed by atoms with Crippen LogP contribution in [0.4, 0.5) is 4.79 Å². The van der Waals surface area contributed by atoms with Crippen LogP contribution in [0.25, 0.3) is 0 Å². The summed E-state index contributed by atoms with van der Waals surface area (Å²) < 4.78 is 5.17. The number of rotatable bonds is 5. The van der Waals surface area contributed by atoms with Crippen LogP contribution >= 0.6 is 0 Å². The normalized spacial score (nSPS) is 18.4. The van der Waals surface area contributed by atoms with Gasteiger partial charge in [-0.25, -0.2) is 9.59 Å². The van der Waals surface area contributed by atoms with E-state index in [0.717, 1.165) is 12.8 Å². The highest BCUT2D eigenvalue weighted by atomic mass is 16.5. The molecule has 0 atom stereocenters. The molecule has 0 unspecified atom stereocenters. The lowest BCUT2D eigenvalue weighted by Crippen LogP contribution is -2.56. The maximum atomic E-state index is 11.7. The molecule has 0 saturated heterocycles. The summed E-state index contributed by atoms with van der Waals surface area (Å²) in [5.41, 5.74) is -1.56. The standard InChI is InChI=1S/C12H22N2O4/c1-11(2,18-3)8-13-10(17)14-12(9(15)16)6-4-5-7-12/h4-8H2,1-3H3,(H,15,16)(H2,13,14,17). The van der Waals surface area contributed by atoms with Gasteiger partial charge in [-0.15, -0.1) is 0 Å². The Morgan fingerprint density at radius 2 is 1.89 bits per heavy atom. The summed E-state index contributed by atoms with van der Waals surface area (Å²) in [6.45, 7) is 4.01. The van der Waals surface area contributed by atoms with Gasteiger partial charge in [-0.05, 0) is 26.7 Å². The Kier molecular flexibility index (Phi) is 4.56. The Morgan fingerprint density at radius 1 is 1.33 bits per heavy atom. The van der Waals surface area contributed by atoms with Gasteiger partial charge in [-0.3, -0.25) is 0 Å². The number of carbonyl (C=O) groups is 2. The number of methoxy groups -OCH3 is 1. The molecule has 0 bridgehead atoms. The van der Waals surface area contributed by atoms with Crippen LogP contribution in [0.1, 0.15) is 39.5 Å². The molecule has 1 aliphatic rings. The maximum absolute atomic E-state index is 11.7. The number of urea groups is 1. The zero-order valence-electron chi connectivity index (χ0n) is 11.2. The second-order valence-electron chi connectivity index (χ2n) is 5.37. The van der Waals surface area contributed by atoms with Crippen molar-refractivity contribution >= 4 is 12.0 Å². The summed E-state index contributed by atoms with van der Waals surface area (Å²) in [5.74, 6) is -0.957. The quantitative estimate of drug-likeness (QED) is 0.689. The second kappa shape index (κ2) is 5.56. The summed E-state index contributed by atoms with van der Waals surface area (Å²) in [5, 5.41) is 14.4. The van der Waals surface area contributed by atoms with Gasteiger partial charge in [-0.1, -0.05) is 12.8 Å². The topological polar surface area (TPSA) is 87.7 Å². The minimum absolute atomic E-state index is 0.324. The number of aliphatic carboxylic acids is 1. The smallest absolute Gasteiger partial charge is 0.329 e. The molecule has 1 fully saturated rings. The lowest BCUT2D eigenvalue weighted by atomic mass is 9.98. The third-order valence-electron chi connectivity index (χ3n) is 3.45. The van der Waals surface area contributed by atoms with Gasteiger partial charge in [0.1, 0.15) is 5.54 Å². The van der Waals surface area contributed by atoms with E-state index in [1.54, 1.807) is 7.11 Å². The first-order valence-corrected chi connectivity index (χ1v) is 6.16. The average Bonchev–Trinajstić information content (AvgIpc) is 2.76. The van der Waals surface area contributed by atoms with Gasteiger partial charge in [0, 0.05) is 13.7 Å². The SMILES string of the molecule is COC(C)(C)CNC(=O)NC1(C(=O)O)CCCC1. The van der Waals surface area contributed by atoms with Crippen molar-refractivity contribution in [1.29, 1.82) is 0 Å². The molecule has 0 aromatic carbocycles. The molecule has 18 heavy (non-hydrogen) atoms. The van der Waals surface area contributed by atoms with Crippen molar-refractivity contribution in [2.24, 2.45) is 0 Å². The fourth-order valence-corrected chi connectivity index (χ4v) is 2.00. The van der Waals surface area contributed by atoms with Crippen LogP contribution in [-0.4, -0.2) is 41.9 Å². The van der Waals surface area contributed by atoms with Gasteiger partial charge in [0.2, 0.25) is 0 Å². The summed E-state index contributed by atoms with van der Waals surface area (Å²) in [7, 11) is 1.56. The van der Waals surface area contributed by atoms with E-state index in [2.05, 4.69) is 10.6 Å². The van der Waals surface area contributed by atoms with Gasteiger partial charge in [0.25, 0.3) is 0 Å². The third kappa shape index (κ3) is 3.60. The number of ether oxygens (including phenoxy) is 1. The summed E-state index contributed by atoms with van der Waals surface area (Å²) in [6, 6.07) is -0.454.